The van der Waals surface area contributed by atoms with Gasteiger partial charge in [0.1, 0.15) is 5.75 Å². The molecule has 5 aromatic rings. The van der Waals surface area contributed by atoms with Gasteiger partial charge in [0.05, 0.1) is 23.7 Å². The first-order valence-corrected chi connectivity index (χ1v) is 17.3. The number of benzene rings is 4. The first-order chi connectivity index (χ1) is 21.8. The van der Waals surface area contributed by atoms with Gasteiger partial charge in [-0.15, -0.1) is 11.3 Å². The van der Waals surface area contributed by atoms with Gasteiger partial charge in [-0.3, -0.25) is 14.9 Å². The molecule has 1 aromatic heterocycles. The van der Waals surface area contributed by atoms with E-state index in [1.54, 1.807) is 30.3 Å². The smallest absolute Gasteiger partial charge is 0.323 e. The number of hydrogen-bond acceptors (Lipinski definition) is 7. The fourth-order valence-electron chi connectivity index (χ4n) is 5.37. The highest BCUT2D eigenvalue weighted by Crippen LogP contribution is 2.36. The predicted octanol–water partition coefficient (Wildman–Crippen LogP) is 6.91. The van der Waals surface area contributed by atoms with Crippen LogP contribution in [-0.4, -0.2) is 61.7 Å². The molecule has 1 fully saturated rings. The van der Waals surface area contributed by atoms with Crippen molar-refractivity contribution in [2.75, 3.05) is 42.5 Å². The molecule has 4 aromatic carbocycles. The second kappa shape index (κ2) is 13.5. The van der Waals surface area contributed by atoms with E-state index in [0.29, 0.717) is 41.1 Å². The second-order valence-electron chi connectivity index (χ2n) is 10.7. The van der Waals surface area contributed by atoms with Crippen LogP contribution in [0.5, 0.6) is 11.5 Å². The van der Waals surface area contributed by atoms with Crippen molar-refractivity contribution in [3.05, 3.63) is 126 Å². The van der Waals surface area contributed by atoms with E-state index in [1.807, 2.05) is 40.6 Å². The number of anilines is 2. The number of sulfonamides is 1. The lowest BCUT2D eigenvalue weighted by molar-refractivity contribution is 0.126. The molecule has 0 radical (unpaired) electrons. The highest BCUT2D eigenvalue weighted by molar-refractivity contribution is 7.92. The van der Waals surface area contributed by atoms with Crippen LogP contribution >= 0.6 is 11.3 Å². The lowest BCUT2D eigenvalue weighted by Crippen LogP contribution is -2.51. The SMILES string of the molecule is CS(=O)(=O)Nc1ccc(-c2csc(NC(=O)N3CCN(C(c4ccccc4)c4ccccc4)CC3)n2)cc1Oc1ccccc1. The molecule has 0 aliphatic carbocycles. The minimum absolute atomic E-state index is 0.119. The fraction of sp³-hybridized carbons (Fsp3) is 0.176. The third kappa shape index (κ3) is 7.69. The maximum atomic E-state index is 13.2. The van der Waals surface area contributed by atoms with Gasteiger partial charge in [-0.25, -0.2) is 18.2 Å². The van der Waals surface area contributed by atoms with Crippen LogP contribution in [0.25, 0.3) is 11.3 Å². The largest absolute Gasteiger partial charge is 0.455 e. The number of hydrogen-bond donors (Lipinski definition) is 2. The maximum Gasteiger partial charge on any atom is 0.323 e. The van der Waals surface area contributed by atoms with Gasteiger partial charge in [0, 0.05) is 37.1 Å². The number of rotatable bonds is 9. The summed E-state index contributed by atoms with van der Waals surface area (Å²) in [6.45, 7) is 2.66. The Kier molecular flexibility index (Phi) is 9.11. The highest BCUT2D eigenvalue weighted by atomic mass is 32.2. The molecular weight excluding hydrogens is 607 g/mol. The van der Waals surface area contributed by atoms with Gasteiger partial charge >= 0.3 is 6.03 Å². The van der Waals surface area contributed by atoms with Crippen LogP contribution in [-0.2, 0) is 10.0 Å². The monoisotopic (exact) mass is 639 g/mol. The minimum Gasteiger partial charge on any atom is -0.455 e. The Morgan fingerprint density at radius 1 is 0.844 bits per heavy atom. The van der Waals surface area contributed by atoms with E-state index in [2.05, 4.69) is 68.5 Å². The molecule has 0 bridgehead atoms. The van der Waals surface area contributed by atoms with Crippen molar-refractivity contribution in [3.63, 3.8) is 0 Å². The molecule has 1 saturated heterocycles. The first-order valence-electron chi connectivity index (χ1n) is 14.5. The van der Waals surface area contributed by atoms with Crippen LogP contribution in [0.2, 0.25) is 0 Å². The van der Waals surface area contributed by atoms with Gasteiger partial charge in [0.25, 0.3) is 0 Å². The summed E-state index contributed by atoms with van der Waals surface area (Å²) in [5, 5.41) is 5.29. The van der Waals surface area contributed by atoms with E-state index in [-0.39, 0.29) is 12.1 Å². The Morgan fingerprint density at radius 3 is 2.04 bits per heavy atom. The quantitative estimate of drug-likeness (QED) is 0.182. The Hall–Kier alpha value is -4.71. The Bertz CT molecular complexity index is 1800. The fourth-order valence-corrected chi connectivity index (χ4v) is 6.65. The van der Waals surface area contributed by atoms with Crippen LogP contribution in [0.1, 0.15) is 17.2 Å². The summed E-state index contributed by atoms with van der Waals surface area (Å²) >= 11 is 1.33. The molecule has 9 nitrogen and oxygen atoms in total. The van der Waals surface area contributed by atoms with Gasteiger partial charge in [0.2, 0.25) is 10.0 Å². The van der Waals surface area contributed by atoms with E-state index in [1.165, 1.54) is 22.5 Å². The molecule has 0 spiro atoms. The van der Waals surface area contributed by atoms with Crippen molar-refractivity contribution in [2.24, 2.45) is 0 Å². The average molecular weight is 640 g/mol. The van der Waals surface area contributed by atoms with Gasteiger partial charge in [-0.05, 0) is 35.4 Å². The van der Waals surface area contributed by atoms with Crippen molar-refractivity contribution < 1.29 is 17.9 Å². The van der Waals surface area contributed by atoms with Crippen molar-refractivity contribution >= 4 is 38.2 Å². The van der Waals surface area contributed by atoms with E-state index in [0.717, 1.165) is 24.9 Å². The summed E-state index contributed by atoms with van der Waals surface area (Å²) in [6, 6.07) is 35.1. The molecule has 1 aliphatic heterocycles. The third-order valence-electron chi connectivity index (χ3n) is 7.46. The summed E-state index contributed by atoms with van der Waals surface area (Å²) in [6.07, 6.45) is 1.09. The predicted molar refractivity (Wildman–Crippen MR) is 179 cm³/mol. The zero-order chi connectivity index (χ0) is 31.2. The Balaban J connectivity index is 1.13. The van der Waals surface area contributed by atoms with Crippen molar-refractivity contribution in [1.82, 2.24) is 14.8 Å². The van der Waals surface area contributed by atoms with Crippen LogP contribution < -0.4 is 14.8 Å². The van der Waals surface area contributed by atoms with Gasteiger partial charge in [-0.1, -0.05) is 84.9 Å². The average Bonchev–Trinajstić information content (AvgIpc) is 3.52. The lowest BCUT2D eigenvalue weighted by atomic mass is 9.96. The molecule has 2 amide bonds. The minimum atomic E-state index is -3.53. The van der Waals surface area contributed by atoms with E-state index < -0.39 is 10.0 Å². The molecule has 0 unspecified atom stereocenters. The highest BCUT2D eigenvalue weighted by Gasteiger charge is 2.28. The van der Waals surface area contributed by atoms with E-state index >= 15 is 0 Å². The topological polar surface area (TPSA) is 104 Å². The molecule has 0 saturated carbocycles. The van der Waals surface area contributed by atoms with E-state index in [9.17, 15) is 13.2 Å². The summed E-state index contributed by atoms with van der Waals surface area (Å²) in [4.78, 5) is 22.1. The molecule has 2 heterocycles. The Labute approximate surface area is 267 Å². The van der Waals surface area contributed by atoms with Crippen molar-refractivity contribution in [3.8, 4) is 22.8 Å². The number of urea groups is 1. The third-order valence-corrected chi connectivity index (χ3v) is 8.81. The van der Waals surface area contributed by atoms with Gasteiger partial charge in [-0.2, -0.15) is 0 Å². The number of carbonyl (C=O) groups excluding carboxylic acids is 1. The van der Waals surface area contributed by atoms with Crippen LogP contribution in [0.3, 0.4) is 0 Å². The number of para-hydroxylation sites is 1. The molecule has 11 heteroatoms. The van der Waals surface area contributed by atoms with Crippen molar-refractivity contribution in [2.45, 2.75) is 6.04 Å². The summed E-state index contributed by atoms with van der Waals surface area (Å²) < 4.78 is 32.4. The summed E-state index contributed by atoms with van der Waals surface area (Å²) in [7, 11) is -3.53. The number of nitrogens with zero attached hydrogens (tertiary/aromatic N) is 3. The number of amides is 2. The van der Waals surface area contributed by atoms with Crippen LogP contribution in [0.15, 0.2) is 115 Å². The molecule has 6 rings (SSSR count). The van der Waals surface area contributed by atoms with Gasteiger partial charge in [0.15, 0.2) is 10.9 Å². The number of nitrogens with one attached hydrogen (secondary N) is 2. The summed E-state index contributed by atoms with van der Waals surface area (Å²) in [5.74, 6) is 0.904. The molecule has 45 heavy (non-hydrogen) atoms. The lowest BCUT2D eigenvalue weighted by Gasteiger charge is -2.39. The van der Waals surface area contributed by atoms with Crippen LogP contribution in [0, 0.1) is 0 Å². The second-order valence-corrected chi connectivity index (χ2v) is 13.3. The number of piperazine rings is 1. The number of carbonyl (C=O) groups is 1. The standard InChI is InChI=1S/C34H33N5O4S2/c1-45(41,42)37-29-18-17-27(23-31(29)43-28-15-9-4-10-16-28)30-24-44-33(35-30)36-34(40)39-21-19-38(20-22-39)32(25-11-5-2-6-12-25)26-13-7-3-8-14-26/h2-18,23-24,32,37H,19-22H2,1H3,(H,35,36,40). The zero-order valence-corrected chi connectivity index (χ0v) is 26.3. The van der Waals surface area contributed by atoms with Crippen LogP contribution in [0.4, 0.5) is 15.6 Å². The molecule has 2 N–H and O–H groups in total. The van der Waals surface area contributed by atoms with Gasteiger partial charge < -0.3 is 9.64 Å². The number of ether oxygens (including phenoxy) is 1. The zero-order valence-electron chi connectivity index (χ0n) is 24.7. The molecule has 1 aliphatic rings. The Morgan fingerprint density at radius 2 is 1.44 bits per heavy atom. The van der Waals surface area contributed by atoms with E-state index in [4.69, 9.17) is 4.74 Å². The molecular formula is C34H33N5O4S2. The molecule has 230 valence electrons. The normalized spacial score (nSPS) is 13.9. The maximum absolute atomic E-state index is 13.2. The number of thiazole rings is 1. The summed E-state index contributed by atoms with van der Waals surface area (Å²) in [5.41, 5.74) is 4.13. The van der Waals surface area contributed by atoms with Crippen molar-refractivity contribution in [1.29, 1.82) is 0 Å². The first kappa shape index (κ1) is 30.3. The number of aromatic nitrogens is 1. The molecule has 0 atom stereocenters.